The van der Waals surface area contributed by atoms with Crippen LogP contribution in [0.4, 0.5) is 0 Å². The maximum Gasteiger partial charge on any atom is 0.280 e. The number of nitrogens with one attached hydrogen (secondary N) is 1. The predicted molar refractivity (Wildman–Crippen MR) is 113 cm³/mol. The second-order valence-corrected chi connectivity index (χ2v) is 6.74. The van der Waals surface area contributed by atoms with E-state index in [4.69, 9.17) is 0 Å². The van der Waals surface area contributed by atoms with Gasteiger partial charge in [-0.25, -0.2) is 5.43 Å². The highest BCUT2D eigenvalue weighted by Crippen LogP contribution is 2.26. The fraction of sp³-hybridized carbons (Fsp3) is 0.273. The molecule has 0 saturated heterocycles. The van der Waals surface area contributed by atoms with Crippen LogP contribution in [-0.2, 0) is 6.54 Å². The van der Waals surface area contributed by atoms with E-state index < -0.39 is 11.5 Å². The fourth-order valence-electron chi connectivity index (χ4n) is 3.19. The number of unbranched alkanes of at least 4 members (excludes halogenated alkanes) is 3. The number of nitrogens with zero attached hydrogens (tertiary/aromatic N) is 3. The van der Waals surface area contributed by atoms with Gasteiger partial charge >= 0.3 is 0 Å². The summed E-state index contributed by atoms with van der Waals surface area (Å²) in [5.74, 6) is -1.08. The highest BCUT2D eigenvalue weighted by molar-refractivity contribution is 6.02. The van der Waals surface area contributed by atoms with Gasteiger partial charge in [0.2, 0.25) is 0 Å². The summed E-state index contributed by atoms with van der Waals surface area (Å²) in [5, 5.41) is 14.9. The molecule has 0 bridgehead atoms. The minimum atomic E-state index is -0.749. The Morgan fingerprint density at radius 3 is 2.79 bits per heavy atom. The van der Waals surface area contributed by atoms with Gasteiger partial charge in [0.1, 0.15) is 11.3 Å². The molecule has 0 radical (unpaired) electrons. The first kappa shape index (κ1) is 20.3. The summed E-state index contributed by atoms with van der Waals surface area (Å²) in [6, 6.07) is 10.6. The van der Waals surface area contributed by atoms with Crippen molar-refractivity contribution in [1.29, 1.82) is 0 Å². The second-order valence-electron chi connectivity index (χ2n) is 6.74. The fourth-order valence-corrected chi connectivity index (χ4v) is 3.19. The van der Waals surface area contributed by atoms with Crippen molar-refractivity contribution in [2.45, 2.75) is 39.2 Å². The minimum Gasteiger partial charge on any atom is -0.506 e. The third-order valence-corrected chi connectivity index (χ3v) is 4.67. The molecule has 3 rings (SSSR count). The minimum absolute atomic E-state index is 0.303. The number of amides is 1. The third-order valence-electron chi connectivity index (χ3n) is 4.67. The largest absolute Gasteiger partial charge is 0.506 e. The number of benzene rings is 1. The lowest BCUT2D eigenvalue weighted by atomic mass is 10.1. The van der Waals surface area contributed by atoms with Gasteiger partial charge < -0.3 is 9.67 Å². The van der Waals surface area contributed by atoms with E-state index in [2.05, 4.69) is 22.4 Å². The molecular formula is C22H24N4O3. The predicted octanol–water partition coefficient (Wildman–Crippen LogP) is 3.45. The molecule has 0 aliphatic heterocycles. The van der Waals surface area contributed by atoms with Crippen molar-refractivity contribution >= 4 is 23.0 Å². The van der Waals surface area contributed by atoms with Crippen molar-refractivity contribution in [3.8, 4) is 5.75 Å². The molecule has 0 aliphatic carbocycles. The summed E-state index contributed by atoms with van der Waals surface area (Å²) in [5.41, 5.74) is 2.81. The normalized spacial score (nSPS) is 11.2. The Morgan fingerprint density at radius 1 is 1.21 bits per heavy atom. The Kier molecular flexibility index (Phi) is 6.73. The van der Waals surface area contributed by atoms with Gasteiger partial charge in [-0.15, -0.1) is 0 Å². The van der Waals surface area contributed by atoms with Gasteiger partial charge in [0.25, 0.3) is 11.5 Å². The number of aryl methyl sites for hydroxylation is 1. The molecule has 2 N–H and O–H groups in total. The van der Waals surface area contributed by atoms with Crippen LogP contribution in [-0.4, -0.2) is 26.8 Å². The van der Waals surface area contributed by atoms with Crippen LogP contribution in [0.15, 0.2) is 58.7 Å². The molecule has 0 spiro atoms. The number of aromatic hydroxyl groups is 1. The first-order valence-corrected chi connectivity index (χ1v) is 9.71. The highest BCUT2D eigenvalue weighted by atomic mass is 16.3. The summed E-state index contributed by atoms with van der Waals surface area (Å²) in [6.07, 6.45) is 8.64. The lowest BCUT2D eigenvalue weighted by Crippen LogP contribution is -2.31. The molecule has 0 saturated carbocycles. The van der Waals surface area contributed by atoms with Crippen molar-refractivity contribution in [3.05, 3.63) is 70.3 Å². The lowest BCUT2D eigenvalue weighted by molar-refractivity contribution is 0.0950. The Morgan fingerprint density at radius 2 is 2.03 bits per heavy atom. The van der Waals surface area contributed by atoms with Gasteiger partial charge in [0.05, 0.1) is 11.7 Å². The number of carbonyl (C=O) groups is 1. The van der Waals surface area contributed by atoms with Gasteiger partial charge in [-0.1, -0.05) is 44.4 Å². The summed E-state index contributed by atoms with van der Waals surface area (Å²) < 4.78 is 1.56. The van der Waals surface area contributed by atoms with Gasteiger partial charge in [0.15, 0.2) is 0 Å². The molecule has 150 valence electrons. The number of hydrazone groups is 1. The van der Waals surface area contributed by atoms with Crippen molar-refractivity contribution in [1.82, 2.24) is 15.0 Å². The maximum atomic E-state index is 13.0. The monoisotopic (exact) mass is 392 g/mol. The summed E-state index contributed by atoms with van der Waals surface area (Å²) in [7, 11) is 0. The molecule has 3 aromatic rings. The van der Waals surface area contributed by atoms with Gasteiger partial charge in [-0.2, -0.15) is 5.10 Å². The van der Waals surface area contributed by atoms with E-state index in [0.29, 0.717) is 23.0 Å². The average Bonchev–Trinajstić information content (AvgIpc) is 2.74. The molecule has 7 heteroatoms. The second kappa shape index (κ2) is 9.64. The molecule has 0 atom stereocenters. The zero-order chi connectivity index (χ0) is 20.6. The molecule has 29 heavy (non-hydrogen) atoms. The maximum absolute atomic E-state index is 13.0. The van der Waals surface area contributed by atoms with Crippen LogP contribution in [0.3, 0.4) is 0 Å². The van der Waals surface area contributed by atoms with Crippen molar-refractivity contribution < 1.29 is 9.90 Å². The first-order chi connectivity index (χ1) is 14.1. The van der Waals surface area contributed by atoms with Gasteiger partial charge in [-0.05, 0) is 24.6 Å². The van der Waals surface area contributed by atoms with Crippen LogP contribution in [0.2, 0.25) is 0 Å². The third kappa shape index (κ3) is 4.68. The smallest absolute Gasteiger partial charge is 0.280 e. The molecule has 2 aromatic heterocycles. The highest BCUT2D eigenvalue weighted by Gasteiger charge is 2.21. The van der Waals surface area contributed by atoms with Crippen LogP contribution < -0.4 is 11.0 Å². The van der Waals surface area contributed by atoms with E-state index in [1.165, 1.54) is 6.21 Å². The number of rotatable bonds is 8. The number of fused-ring (bicyclic) bond motifs is 1. The zero-order valence-electron chi connectivity index (χ0n) is 16.3. The van der Waals surface area contributed by atoms with E-state index in [1.54, 1.807) is 47.3 Å². The number of para-hydroxylation sites is 1. The number of pyridine rings is 2. The van der Waals surface area contributed by atoms with Crippen LogP contribution in [0.25, 0.3) is 10.9 Å². The summed E-state index contributed by atoms with van der Waals surface area (Å²) in [4.78, 5) is 29.6. The topological polar surface area (TPSA) is 96.6 Å². The molecule has 0 unspecified atom stereocenters. The van der Waals surface area contributed by atoms with Crippen LogP contribution in [0, 0.1) is 0 Å². The molecule has 7 nitrogen and oxygen atoms in total. The van der Waals surface area contributed by atoms with Crippen molar-refractivity contribution in [2.75, 3.05) is 0 Å². The number of hydrogen-bond acceptors (Lipinski definition) is 5. The Bertz CT molecular complexity index is 1070. The molecular weight excluding hydrogens is 368 g/mol. The van der Waals surface area contributed by atoms with Gasteiger partial charge in [-0.3, -0.25) is 14.6 Å². The summed E-state index contributed by atoms with van der Waals surface area (Å²) >= 11 is 0. The van der Waals surface area contributed by atoms with Crippen LogP contribution in [0.5, 0.6) is 5.75 Å². The van der Waals surface area contributed by atoms with Gasteiger partial charge in [0, 0.05) is 29.9 Å². The Balaban J connectivity index is 1.93. The van der Waals surface area contributed by atoms with E-state index in [1.807, 2.05) is 6.07 Å². The van der Waals surface area contributed by atoms with Crippen LogP contribution in [0.1, 0.15) is 48.5 Å². The van der Waals surface area contributed by atoms with E-state index in [0.717, 1.165) is 25.7 Å². The van der Waals surface area contributed by atoms with E-state index in [9.17, 15) is 14.7 Å². The lowest BCUT2D eigenvalue weighted by Gasteiger charge is -2.14. The molecule has 0 aliphatic rings. The SMILES string of the molecule is CCCCCCn1c(=O)c(C(=O)NN=Cc2cccnc2)c(O)c2ccccc21. The summed E-state index contributed by atoms with van der Waals surface area (Å²) in [6.45, 7) is 2.61. The Labute approximate surface area is 168 Å². The standard InChI is InChI=1S/C22H24N4O3/c1-2-3-4-7-13-26-18-11-6-5-10-17(18)20(27)19(22(26)29)21(28)25-24-15-16-9-8-12-23-14-16/h5-6,8-12,14-15,27H,2-4,7,13H2,1H3,(H,25,28). The van der Waals surface area contributed by atoms with Crippen molar-refractivity contribution in [2.24, 2.45) is 5.10 Å². The zero-order valence-corrected chi connectivity index (χ0v) is 16.3. The number of hydrogen-bond donors (Lipinski definition) is 2. The van der Waals surface area contributed by atoms with Crippen LogP contribution >= 0.6 is 0 Å². The molecule has 0 fully saturated rings. The van der Waals surface area contributed by atoms with Crippen molar-refractivity contribution in [3.63, 3.8) is 0 Å². The first-order valence-electron chi connectivity index (χ1n) is 9.71. The molecule has 1 aromatic carbocycles. The number of carbonyl (C=O) groups excluding carboxylic acids is 1. The van der Waals surface area contributed by atoms with E-state index in [-0.39, 0.29) is 11.3 Å². The average molecular weight is 392 g/mol. The Hall–Kier alpha value is -3.48. The number of aromatic nitrogens is 2. The van der Waals surface area contributed by atoms with E-state index >= 15 is 0 Å². The molecule has 2 heterocycles. The molecule has 1 amide bonds. The quantitative estimate of drug-likeness (QED) is 0.349.